The Morgan fingerprint density at radius 1 is 0.880 bits per heavy atom. The van der Waals surface area contributed by atoms with E-state index in [1.165, 1.54) is 0 Å². The molecule has 0 fully saturated rings. The van der Waals surface area contributed by atoms with E-state index in [4.69, 9.17) is 5.73 Å². The highest BCUT2D eigenvalue weighted by atomic mass is 16.2. The van der Waals surface area contributed by atoms with Crippen LogP contribution in [-0.4, -0.2) is 18.5 Å². The second kappa shape index (κ2) is 7.59. The Balaban J connectivity index is 1.96. The van der Waals surface area contributed by atoms with E-state index in [0.29, 0.717) is 0 Å². The summed E-state index contributed by atoms with van der Waals surface area (Å²) in [5.74, 6) is -0.464. The van der Waals surface area contributed by atoms with E-state index >= 15 is 0 Å². The molecule has 1 atom stereocenters. The molecule has 4 N–H and O–H groups in total. The first-order valence-corrected chi connectivity index (χ1v) is 8.00. The Labute approximate surface area is 145 Å². The van der Waals surface area contributed by atoms with Gasteiger partial charge in [-0.3, -0.25) is 15.4 Å². The fourth-order valence-corrected chi connectivity index (χ4v) is 2.93. The minimum atomic E-state index is -0.853. The maximum atomic E-state index is 11.8. The number of nitrogens with two attached hydrogens (primary N) is 1. The average Bonchev–Trinajstić information content (AvgIpc) is 2.62. The lowest BCUT2D eigenvalue weighted by molar-refractivity contribution is -0.119. The molecule has 0 aromatic heterocycles. The molecule has 0 heterocycles. The Bertz CT molecular complexity index is 888. The van der Waals surface area contributed by atoms with Crippen LogP contribution in [0.2, 0.25) is 0 Å². The summed E-state index contributed by atoms with van der Waals surface area (Å²) >= 11 is 0. The number of imide groups is 1. The minimum absolute atomic E-state index is 0.0221. The van der Waals surface area contributed by atoms with Crippen molar-refractivity contribution in [1.82, 2.24) is 10.6 Å². The number of benzene rings is 3. The van der Waals surface area contributed by atoms with Gasteiger partial charge in [0.05, 0.1) is 12.6 Å². The molecular formula is C20H19N3O2. The van der Waals surface area contributed by atoms with E-state index in [1.54, 1.807) is 0 Å². The summed E-state index contributed by atoms with van der Waals surface area (Å²) in [7, 11) is 0. The zero-order valence-electron chi connectivity index (χ0n) is 13.6. The normalized spacial score (nSPS) is 11.8. The third-order valence-corrected chi connectivity index (χ3v) is 4.00. The Kier molecular flexibility index (Phi) is 5.06. The fourth-order valence-electron chi connectivity index (χ4n) is 2.93. The van der Waals surface area contributed by atoms with E-state index in [2.05, 4.69) is 28.8 Å². The zero-order chi connectivity index (χ0) is 17.6. The van der Waals surface area contributed by atoms with Crippen LogP contribution >= 0.6 is 0 Å². The number of urea groups is 1. The van der Waals surface area contributed by atoms with E-state index in [9.17, 15) is 9.59 Å². The quantitative estimate of drug-likeness (QED) is 0.671. The van der Waals surface area contributed by atoms with Gasteiger partial charge in [0, 0.05) is 0 Å². The molecule has 126 valence electrons. The molecule has 3 aromatic rings. The molecule has 0 spiro atoms. The standard InChI is InChI=1S/C20H19N3O2/c21-20(25)23-18(24)13-22-19(15-8-2-1-3-9-15)17-12-6-10-14-7-4-5-11-16(14)17/h1-12,19,22H,13H2,(H3,21,23,24,25)/t19-/m1/s1. The van der Waals surface area contributed by atoms with E-state index in [1.807, 2.05) is 54.6 Å². The van der Waals surface area contributed by atoms with Gasteiger partial charge < -0.3 is 5.73 Å². The summed E-state index contributed by atoms with van der Waals surface area (Å²) < 4.78 is 0. The van der Waals surface area contributed by atoms with Crippen LogP contribution in [0.25, 0.3) is 10.8 Å². The van der Waals surface area contributed by atoms with Gasteiger partial charge in [0.2, 0.25) is 5.91 Å². The van der Waals surface area contributed by atoms with Crippen LogP contribution in [0.15, 0.2) is 72.8 Å². The maximum Gasteiger partial charge on any atom is 0.318 e. The molecule has 0 aliphatic rings. The number of nitrogens with one attached hydrogen (secondary N) is 2. The SMILES string of the molecule is NC(=O)NC(=O)CN[C@H](c1ccccc1)c1cccc2ccccc12. The van der Waals surface area contributed by atoms with Crippen molar-refractivity contribution in [3.63, 3.8) is 0 Å². The smallest absolute Gasteiger partial charge is 0.318 e. The van der Waals surface area contributed by atoms with E-state index < -0.39 is 11.9 Å². The number of rotatable bonds is 5. The number of hydrogen-bond acceptors (Lipinski definition) is 3. The van der Waals surface area contributed by atoms with Gasteiger partial charge in [-0.1, -0.05) is 72.8 Å². The molecular weight excluding hydrogens is 314 g/mol. The molecule has 3 rings (SSSR count). The summed E-state index contributed by atoms with van der Waals surface area (Å²) in [6.45, 7) is -0.0221. The van der Waals surface area contributed by atoms with Crippen LogP contribution in [-0.2, 0) is 4.79 Å². The van der Waals surface area contributed by atoms with Gasteiger partial charge in [-0.05, 0) is 21.9 Å². The van der Waals surface area contributed by atoms with Crippen LogP contribution in [0.4, 0.5) is 4.79 Å². The topological polar surface area (TPSA) is 84.2 Å². The molecule has 0 radical (unpaired) electrons. The number of carbonyl (C=O) groups excluding carboxylic acids is 2. The molecule has 25 heavy (non-hydrogen) atoms. The van der Waals surface area contributed by atoms with Gasteiger partial charge in [0.1, 0.15) is 0 Å². The largest absolute Gasteiger partial charge is 0.351 e. The van der Waals surface area contributed by atoms with Gasteiger partial charge in [0.15, 0.2) is 0 Å². The monoisotopic (exact) mass is 333 g/mol. The first kappa shape index (κ1) is 16.7. The highest BCUT2D eigenvalue weighted by Gasteiger charge is 2.17. The van der Waals surface area contributed by atoms with Crippen molar-refractivity contribution < 1.29 is 9.59 Å². The summed E-state index contributed by atoms with van der Waals surface area (Å²) in [4.78, 5) is 22.6. The molecule has 5 heteroatoms. The fraction of sp³-hybridized carbons (Fsp3) is 0.100. The summed E-state index contributed by atoms with van der Waals surface area (Å²) in [6.07, 6.45) is 0. The van der Waals surface area contributed by atoms with Crippen molar-refractivity contribution in [2.45, 2.75) is 6.04 Å². The van der Waals surface area contributed by atoms with Gasteiger partial charge in [-0.25, -0.2) is 4.79 Å². The van der Waals surface area contributed by atoms with E-state index in [0.717, 1.165) is 21.9 Å². The molecule has 0 bridgehead atoms. The lowest BCUT2D eigenvalue weighted by atomic mass is 9.93. The van der Waals surface area contributed by atoms with Crippen LogP contribution in [0.3, 0.4) is 0 Å². The van der Waals surface area contributed by atoms with Crippen molar-refractivity contribution in [3.8, 4) is 0 Å². The Hall–Kier alpha value is -3.18. The van der Waals surface area contributed by atoms with Gasteiger partial charge in [-0.2, -0.15) is 0 Å². The van der Waals surface area contributed by atoms with Crippen LogP contribution in [0.1, 0.15) is 17.2 Å². The van der Waals surface area contributed by atoms with Crippen LogP contribution in [0, 0.1) is 0 Å². The predicted molar refractivity (Wildman–Crippen MR) is 98.0 cm³/mol. The van der Waals surface area contributed by atoms with Crippen molar-refractivity contribution in [2.75, 3.05) is 6.54 Å². The maximum absolute atomic E-state index is 11.8. The lowest BCUT2D eigenvalue weighted by Crippen LogP contribution is -2.41. The number of amides is 3. The lowest BCUT2D eigenvalue weighted by Gasteiger charge is -2.21. The second-order valence-corrected chi connectivity index (χ2v) is 5.71. The molecule has 5 nitrogen and oxygen atoms in total. The highest BCUT2D eigenvalue weighted by Crippen LogP contribution is 2.28. The number of hydrogen-bond donors (Lipinski definition) is 3. The first-order valence-electron chi connectivity index (χ1n) is 8.00. The molecule has 0 aliphatic carbocycles. The number of carbonyl (C=O) groups is 2. The molecule has 3 amide bonds. The van der Waals surface area contributed by atoms with Gasteiger partial charge in [0.25, 0.3) is 0 Å². The molecule has 0 aliphatic heterocycles. The molecule has 0 saturated heterocycles. The van der Waals surface area contributed by atoms with Gasteiger partial charge >= 0.3 is 6.03 Å². The van der Waals surface area contributed by atoms with Crippen molar-refractivity contribution in [3.05, 3.63) is 83.9 Å². The second-order valence-electron chi connectivity index (χ2n) is 5.71. The number of fused-ring (bicyclic) bond motifs is 1. The molecule has 0 saturated carbocycles. The van der Waals surface area contributed by atoms with Crippen molar-refractivity contribution in [2.24, 2.45) is 5.73 Å². The molecule has 0 unspecified atom stereocenters. The van der Waals surface area contributed by atoms with Gasteiger partial charge in [-0.15, -0.1) is 0 Å². The summed E-state index contributed by atoms with van der Waals surface area (Å²) in [5, 5.41) is 7.55. The van der Waals surface area contributed by atoms with Crippen LogP contribution < -0.4 is 16.4 Å². The predicted octanol–water partition coefficient (Wildman–Crippen LogP) is 2.71. The minimum Gasteiger partial charge on any atom is -0.351 e. The van der Waals surface area contributed by atoms with Crippen molar-refractivity contribution in [1.29, 1.82) is 0 Å². The molecule has 3 aromatic carbocycles. The Morgan fingerprint density at radius 3 is 2.32 bits per heavy atom. The summed E-state index contributed by atoms with van der Waals surface area (Å²) in [6, 6.07) is 23.0. The number of primary amides is 1. The van der Waals surface area contributed by atoms with Crippen LogP contribution in [0.5, 0.6) is 0 Å². The van der Waals surface area contributed by atoms with Crippen molar-refractivity contribution >= 4 is 22.7 Å². The first-order chi connectivity index (χ1) is 12.1. The average molecular weight is 333 g/mol. The summed E-state index contributed by atoms with van der Waals surface area (Å²) in [5.41, 5.74) is 7.10. The highest BCUT2D eigenvalue weighted by molar-refractivity contribution is 5.94. The zero-order valence-corrected chi connectivity index (χ0v) is 13.6. The third kappa shape index (κ3) is 4.02. The third-order valence-electron chi connectivity index (χ3n) is 4.00. The van der Waals surface area contributed by atoms with E-state index in [-0.39, 0.29) is 12.6 Å². The Morgan fingerprint density at radius 2 is 1.56 bits per heavy atom.